The highest BCUT2D eigenvalue weighted by Gasteiger charge is 2.68. The summed E-state index contributed by atoms with van der Waals surface area (Å²) in [4.78, 5) is 11.5. The van der Waals surface area contributed by atoms with E-state index in [4.69, 9.17) is 0 Å². The summed E-state index contributed by atoms with van der Waals surface area (Å²) in [5.74, 6) is 0.643. The molecule has 0 aromatic rings. The predicted molar refractivity (Wildman–Crippen MR) is 68.0 cm³/mol. The second-order valence-corrected chi connectivity index (χ2v) is 7.56. The Morgan fingerprint density at radius 3 is 2.39 bits per heavy atom. The van der Waals surface area contributed by atoms with E-state index >= 15 is 0 Å². The van der Waals surface area contributed by atoms with Gasteiger partial charge in [0.25, 0.3) is 0 Å². The Hall–Kier alpha value is -0.570. The summed E-state index contributed by atoms with van der Waals surface area (Å²) in [6.45, 7) is 6.47. The van der Waals surface area contributed by atoms with Crippen molar-refractivity contribution in [1.29, 1.82) is 0 Å². The molecule has 0 heterocycles. The molecule has 3 saturated carbocycles. The zero-order chi connectivity index (χ0) is 13.3. The number of aliphatic hydroxyl groups is 1. The van der Waals surface area contributed by atoms with E-state index in [0.717, 1.165) is 25.7 Å². The van der Waals surface area contributed by atoms with Crippen LogP contribution in [0, 0.1) is 35.0 Å². The van der Waals surface area contributed by atoms with Crippen molar-refractivity contribution >= 4 is 5.97 Å². The Morgan fingerprint density at radius 2 is 1.78 bits per heavy atom. The number of hydrogen-bond donors (Lipinski definition) is 2. The van der Waals surface area contributed by atoms with Crippen molar-refractivity contribution in [2.45, 2.75) is 52.1 Å². The summed E-state index contributed by atoms with van der Waals surface area (Å²) < 4.78 is 0. The molecule has 3 nitrogen and oxygen atoms in total. The van der Waals surface area contributed by atoms with Crippen LogP contribution in [0.15, 0.2) is 0 Å². The van der Waals surface area contributed by atoms with Crippen LogP contribution < -0.4 is 0 Å². The molecule has 3 rings (SSSR count). The molecule has 0 bridgehead atoms. The van der Waals surface area contributed by atoms with Crippen LogP contribution in [0.25, 0.3) is 0 Å². The highest BCUT2D eigenvalue weighted by molar-refractivity contribution is 5.71. The topological polar surface area (TPSA) is 57.5 Å². The number of carboxylic acids is 1. The van der Waals surface area contributed by atoms with Gasteiger partial charge in [0.05, 0.1) is 11.5 Å². The zero-order valence-electron chi connectivity index (χ0n) is 11.5. The first kappa shape index (κ1) is 12.5. The molecule has 0 aromatic carbocycles. The maximum absolute atomic E-state index is 11.5. The van der Waals surface area contributed by atoms with Gasteiger partial charge >= 0.3 is 5.97 Å². The number of carboxylic acid groups (broad SMARTS) is 1. The molecular formula is C15H24O3. The largest absolute Gasteiger partial charge is 0.481 e. The van der Waals surface area contributed by atoms with Gasteiger partial charge in [0.1, 0.15) is 0 Å². The molecule has 3 aliphatic carbocycles. The average Bonchev–Trinajstić information content (AvgIpc) is 2.64. The molecule has 0 aromatic heterocycles. The van der Waals surface area contributed by atoms with Gasteiger partial charge in [-0.3, -0.25) is 4.79 Å². The number of rotatable bonds is 1. The minimum atomic E-state index is -0.654. The van der Waals surface area contributed by atoms with Crippen molar-refractivity contribution in [3.8, 4) is 0 Å². The van der Waals surface area contributed by atoms with Crippen molar-refractivity contribution in [2.75, 3.05) is 0 Å². The molecule has 0 amide bonds. The third-order valence-electron chi connectivity index (χ3n) is 6.35. The highest BCUT2D eigenvalue weighted by atomic mass is 16.4. The maximum atomic E-state index is 11.5. The van der Waals surface area contributed by atoms with E-state index in [1.807, 2.05) is 6.92 Å². The Morgan fingerprint density at radius 1 is 1.11 bits per heavy atom. The summed E-state index contributed by atoms with van der Waals surface area (Å²) in [7, 11) is 0. The minimum Gasteiger partial charge on any atom is -0.481 e. The van der Waals surface area contributed by atoms with Crippen LogP contribution in [0.1, 0.15) is 46.5 Å². The molecule has 0 saturated heterocycles. The molecule has 6 atom stereocenters. The smallest absolute Gasteiger partial charge is 0.306 e. The summed E-state index contributed by atoms with van der Waals surface area (Å²) in [5, 5.41) is 20.1. The van der Waals surface area contributed by atoms with E-state index in [1.165, 1.54) is 0 Å². The van der Waals surface area contributed by atoms with Crippen molar-refractivity contribution in [1.82, 2.24) is 0 Å². The first-order chi connectivity index (χ1) is 8.27. The Kier molecular flexibility index (Phi) is 2.42. The van der Waals surface area contributed by atoms with E-state index in [0.29, 0.717) is 11.8 Å². The van der Waals surface area contributed by atoms with Gasteiger partial charge in [0, 0.05) is 0 Å². The van der Waals surface area contributed by atoms with Crippen LogP contribution in [0.2, 0.25) is 0 Å². The molecule has 0 spiro atoms. The van der Waals surface area contributed by atoms with Gasteiger partial charge in [-0.1, -0.05) is 13.8 Å². The predicted octanol–water partition coefficient (Wildman–Crippen LogP) is 2.53. The molecule has 3 fully saturated rings. The fourth-order valence-corrected chi connectivity index (χ4v) is 5.27. The SMILES string of the molecule is CC1(C)[C@H]2[C@@H]3[C@H](C(=O)O)CC[C@@H]3[C@@](C)(O)CC[C@H]21. The molecule has 0 radical (unpaired) electrons. The van der Waals surface area contributed by atoms with Crippen LogP contribution >= 0.6 is 0 Å². The second kappa shape index (κ2) is 3.50. The third-order valence-corrected chi connectivity index (χ3v) is 6.35. The summed E-state index contributed by atoms with van der Waals surface area (Å²) in [6.07, 6.45) is 3.53. The van der Waals surface area contributed by atoms with Crippen molar-refractivity contribution < 1.29 is 15.0 Å². The minimum absolute atomic E-state index is 0.190. The normalized spacial score (nSPS) is 53.2. The van der Waals surface area contributed by atoms with Crippen molar-refractivity contribution in [3.63, 3.8) is 0 Å². The lowest BCUT2D eigenvalue weighted by Gasteiger charge is -2.35. The fraction of sp³-hybridized carbons (Fsp3) is 0.933. The van der Waals surface area contributed by atoms with Crippen LogP contribution in [0.4, 0.5) is 0 Å². The molecule has 2 N–H and O–H groups in total. The Labute approximate surface area is 109 Å². The molecule has 18 heavy (non-hydrogen) atoms. The van der Waals surface area contributed by atoms with E-state index in [9.17, 15) is 15.0 Å². The number of fused-ring (bicyclic) bond motifs is 3. The van der Waals surface area contributed by atoms with Gasteiger partial charge in [-0.05, 0) is 61.7 Å². The quantitative estimate of drug-likeness (QED) is 0.754. The van der Waals surface area contributed by atoms with Gasteiger partial charge < -0.3 is 10.2 Å². The summed E-state index contributed by atoms with van der Waals surface area (Å²) in [5.41, 5.74) is -0.365. The van der Waals surface area contributed by atoms with Gasteiger partial charge in [0.15, 0.2) is 0 Å². The van der Waals surface area contributed by atoms with Gasteiger partial charge in [-0.25, -0.2) is 0 Å². The van der Waals surface area contributed by atoms with Crippen LogP contribution in [0.5, 0.6) is 0 Å². The summed E-state index contributed by atoms with van der Waals surface area (Å²) >= 11 is 0. The van der Waals surface area contributed by atoms with Crippen LogP contribution in [0.3, 0.4) is 0 Å². The van der Waals surface area contributed by atoms with Crippen molar-refractivity contribution in [2.24, 2.45) is 35.0 Å². The molecule has 3 heteroatoms. The lowest BCUT2D eigenvalue weighted by atomic mass is 9.74. The molecule has 0 unspecified atom stereocenters. The van der Waals surface area contributed by atoms with E-state index in [-0.39, 0.29) is 23.2 Å². The van der Waals surface area contributed by atoms with E-state index < -0.39 is 11.6 Å². The second-order valence-electron chi connectivity index (χ2n) is 7.56. The number of aliphatic carboxylic acids is 1. The summed E-state index contributed by atoms with van der Waals surface area (Å²) in [6, 6.07) is 0. The van der Waals surface area contributed by atoms with E-state index in [2.05, 4.69) is 13.8 Å². The molecule has 102 valence electrons. The highest BCUT2D eigenvalue weighted by Crippen LogP contribution is 2.71. The first-order valence-corrected chi connectivity index (χ1v) is 7.22. The standard InChI is InChI=1S/C15H24O3/c1-14(2)10-6-7-15(3,18)9-5-4-8(13(16)17)11(9)12(10)14/h8-12,18H,4-7H2,1-3H3,(H,16,17)/t8-,9+,10-,11-,12-,15+/m1/s1. The molecular weight excluding hydrogens is 228 g/mol. The lowest BCUT2D eigenvalue weighted by molar-refractivity contribution is -0.144. The van der Waals surface area contributed by atoms with Crippen LogP contribution in [-0.2, 0) is 4.79 Å². The number of carbonyl (C=O) groups is 1. The van der Waals surface area contributed by atoms with Gasteiger partial charge in [0.2, 0.25) is 0 Å². The van der Waals surface area contributed by atoms with Gasteiger partial charge in [-0.15, -0.1) is 0 Å². The van der Waals surface area contributed by atoms with Crippen molar-refractivity contribution in [3.05, 3.63) is 0 Å². The monoisotopic (exact) mass is 252 g/mol. The molecule has 3 aliphatic rings. The Balaban J connectivity index is 1.97. The lowest BCUT2D eigenvalue weighted by Crippen LogP contribution is -2.39. The number of hydrogen-bond acceptors (Lipinski definition) is 2. The fourth-order valence-electron chi connectivity index (χ4n) is 5.27. The third kappa shape index (κ3) is 1.49. The Bertz CT molecular complexity index is 385. The maximum Gasteiger partial charge on any atom is 0.306 e. The average molecular weight is 252 g/mol. The van der Waals surface area contributed by atoms with E-state index in [1.54, 1.807) is 0 Å². The van der Waals surface area contributed by atoms with Crippen LogP contribution in [-0.4, -0.2) is 21.8 Å². The van der Waals surface area contributed by atoms with Gasteiger partial charge in [-0.2, -0.15) is 0 Å². The first-order valence-electron chi connectivity index (χ1n) is 7.22. The zero-order valence-corrected chi connectivity index (χ0v) is 11.5. The molecule has 0 aliphatic heterocycles.